The largest absolute Gasteiger partial charge is 0.493 e. The zero-order valence-electron chi connectivity index (χ0n) is 13.6. The van der Waals surface area contributed by atoms with Gasteiger partial charge in [0.05, 0.1) is 13.2 Å². The molecule has 3 heteroatoms. The summed E-state index contributed by atoms with van der Waals surface area (Å²) in [7, 11) is 0. The lowest BCUT2D eigenvalue weighted by molar-refractivity contribution is 0.234. The van der Waals surface area contributed by atoms with Crippen LogP contribution in [0.25, 0.3) is 0 Å². The van der Waals surface area contributed by atoms with Gasteiger partial charge in [0.1, 0.15) is 17.6 Å². The highest BCUT2D eigenvalue weighted by Crippen LogP contribution is 2.18. The monoisotopic (exact) mass is 299 g/mol. The van der Waals surface area contributed by atoms with Gasteiger partial charge in [-0.15, -0.1) is 0 Å². The fourth-order valence-electron chi connectivity index (χ4n) is 1.99. The number of para-hydroxylation sites is 1. The van der Waals surface area contributed by atoms with Crippen molar-refractivity contribution in [2.75, 3.05) is 18.5 Å². The Morgan fingerprint density at radius 2 is 1.64 bits per heavy atom. The Bertz CT molecular complexity index is 554. The van der Waals surface area contributed by atoms with Crippen LogP contribution in [-0.4, -0.2) is 19.3 Å². The highest BCUT2D eigenvalue weighted by molar-refractivity contribution is 5.48. The molecule has 0 radical (unpaired) electrons. The first-order valence-electron chi connectivity index (χ1n) is 7.82. The van der Waals surface area contributed by atoms with Gasteiger partial charge in [-0.3, -0.25) is 0 Å². The molecule has 0 aliphatic carbocycles. The lowest BCUT2D eigenvalue weighted by Gasteiger charge is -2.16. The van der Waals surface area contributed by atoms with Crippen molar-refractivity contribution in [1.82, 2.24) is 0 Å². The van der Waals surface area contributed by atoms with Crippen molar-refractivity contribution >= 4 is 5.69 Å². The Labute approximate surface area is 133 Å². The summed E-state index contributed by atoms with van der Waals surface area (Å²) >= 11 is 0. The lowest BCUT2D eigenvalue weighted by Crippen LogP contribution is -2.22. The number of hydrogen-bond donors (Lipinski definition) is 1. The Morgan fingerprint density at radius 1 is 0.909 bits per heavy atom. The third kappa shape index (κ3) is 5.68. The maximum absolute atomic E-state index is 5.85. The van der Waals surface area contributed by atoms with Crippen LogP contribution in [0.1, 0.15) is 20.8 Å². The second kappa shape index (κ2) is 8.32. The summed E-state index contributed by atoms with van der Waals surface area (Å²) < 4.78 is 11.6. The van der Waals surface area contributed by atoms with Crippen molar-refractivity contribution < 1.29 is 9.47 Å². The molecule has 2 aromatic carbocycles. The van der Waals surface area contributed by atoms with Gasteiger partial charge >= 0.3 is 0 Å². The van der Waals surface area contributed by atoms with Gasteiger partial charge in [-0.1, -0.05) is 38.1 Å². The Morgan fingerprint density at radius 3 is 2.36 bits per heavy atom. The summed E-state index contributed by atoms with van der Waals surface area (Å²) in [5.74, 6) is 2.32. The molecule has 0 saturated carbocycles. The quantitative estimate of drug-likeness (QED) is 0.772. The van der Waals surface area contributed by atoms with Crippen LogP contribution in [0.15, 0.2) is 54.6 Å². The molecular formula is C19H25NO2. The van der Waals surface area contributed by atoms with E-state index in [9.17, 15) is 0 Å². The van der Waals surface area contributed by atoms with Gasteiger partial charge in [0.15, 0.2) is 0 Å². The van der Waals surface area contributed by atoms with E-state index in [4.69, 9.17) is 9.47 Å². The molecule has 0 spiro atoms. The van der Waals surface area contributed by atoms with Crippen molar-refractivity contribution in [1.29, 1.82) is 0 Å². The molecule has 1 N–H and O–H groups in total. The second-order valence-corrected chi connectivity index (χ2v) is 5.86. The molecule has 118 valence electrons. The number of benzene rings is 2. The smallest absolute Gasteiger partial charge is 0.121 e. The van der Waals surface area contributed by atoms with E-state index in [0.717, 1.165) is 30.3 Å². The number of rotatable bonds is 8. The SMILES string of the molecule is CC(C)COc1cccc(NCC(C)Oc2ccccc2)c1. The molecule has 2 rings (SSSR count). The fourth-order valence-corrected chi connectivity index (χ4v) is 1.99. The zero-order valence-corrected chi connectivity index (χ0v) is 13.6. The molecule has 1 unspecified atom stereocenters. The predicted octanol–water partition coefficient (Wildman–Crippen LogP) is 4.60. The molecule has 0 bridgehead atoms. The first-order valence-corrected chi connectivity index (χ1v) is 7.82. The molecule has 0 aromatic heterocycles. The van der Waals surface area contributed by atoms with Gasteiger partial charge in [-0.2, -0.15) is 0 Å². The predicted molar refractivity (Wildman–Crippen MR) is 91.8 cm³/mol. The van der Waals surface area contributed by atoms with E-state index in [2.05, 4.69) is 26.1 Å². The van der Waals surface area contributed by atoms with Crippen molar-refractivity contribution in [3.05, 3.63) is 54.6 Å². The van der Waals surface area contributed by atoms with Crippen LogP contribution < -0.4 is 14.8 Å². The van der Waals surface area contributed by atoms with Crippen LogP contribution in [0.5, 0.6) is 11.5 Å². The Hall–Kier alpha value is -2.16. The number of nitrogens with one attached hydrogen (secondary N) is 1. The molecule has 22 heavy (non-hydrogen) atoms. The molecular weight excluding hydrogens is 274 g/mol. The highest BCUT2D eigenvalue weighted by Gasteiger charge is 2.04. The maximum Gasteiger partial charge on any atom is 0.121 e. The first-order chi connectivity index (χ1) is 10.6. The van der Waals surface area contributed by atoms with Crippen LogP contribution in [-0.2, 0) is 0 Å². The van der Waals surface area contributed by atoms with Crippen molar-refractivity contribution in [3.8, 4) is 11.5 Å². The molecule has 0 heterocycles. The average molecular weight is 299 g/mol. The van der Waals surface area contributed by atoms with E-state index in [1.807, 2.05) is 54.6 Å². The second-order valence-electron chi connectivity index (χ2n) is 5.86. The van der Waals surface area contributed by atoms with Crippen molar-refractivity contribution in [2.24, 2.45) is 5.92 Å². The summed E-state index contributed by atoms with van der Waals surface area (Å²) in [6.45, 7) is 7.81. The topological polar surface area (TPSA) is 30.5 Å². The molecule has 3 nitrogen and oxygen atoms in total. The molecule has 0 fully saturated rings. The van der Waals surface area contributed by atoms with Gasteiger partial charge in [0.25, 0.3) is 0 Å². The Balaban J connectivity index is 1.82. The fraction of sp³-hybridized carbons (Fsp3) is 0.368. The summed E-state index contributed by atoms with van der Waals surface area (Å²) in [5, 5.41) is 3.39. The average Bonchev–Trinajstić information content (AvgIpc) is 2.52. The first kappa shape index (κ1) is 16.2. The van der Waals surface area contributed by atoms with Gasteiger partial charge in [-0.05, 0) is 37.1 Å². The number of anilines is 1. The van der Waals surface area contributed by atoms with Crippen LogP contribution in [0.2, 0.25) is 0 Å². The van der Waals surface area contributed by atoms with Gasteiger partial charge in [0.2, 0.25) is 0 Å². The summed E-state index contributed by atoms with van der Waals surface area (Å²) in [6.07, 6.45) is 0.0858. The summed E-state index contributed by atoms with van der Waals surface area (Å²) in [4.78, 5) is 0. The minimum atomic E-state index is 0.0858. The molecule has 2 aromatic rings. The van der Waals surface area contributed by atoms with Crippen molar-refractivity contribution in [2.45, 2.75) is 26.9 Å². The van der Waals surface area contributed by atoms with E-state index in [1.54, 1.807) is 0 Å². The van der Waals surface area contributed by atoms with E-state index < -0.39 is 0 Å². The zero-order chi connectivity index (χ0) is 15.8. The van der Waals surface area contributed by atoms with Gasteiger partial charge in [0, 0.05) is 11.8 Å². The highest BCUT2D eigenvalue weighted by atomic mass is 16.5. The minimum Gasteiger partial charge on any atom is -0.493 e. The maximum atomic E-state index is 5.85. The minimum absolute atomic E-state index is 0.0858. The number of ether oxygens (including phenoxy) is 2. The summed E-state index contributed by atoms with van der Waals surface area (Å²) in [6, 6.07) is 17.9. The third-order valence-electron chi connectivity index (χ3n) is 3.09. The molecule has 0 aliphatic rings. The van der Waals surface area contributed by atoms with Crippen LogP contribution in [0, 0.1) is 5.92 Å². The molecule has 0 amide bonds. The van der Waals surface area contributed by atoms with E-state index in [1.165, 1.54) is 0 Å². The van der Waals surface area contributed by atoms with E-state index in [0.29, 0.717) is 5.92 Å². The van der Waals surface area contributed by atoms with Crippen LogP contribution >= 0.6 is 0 Å². The Kier molecular flexibility index (Phi) is 6.13. The molecule has 1 atom stereocenters. The van der Waals surface area contributed by atoms with Gasteiger partial charge < -0.3 is 14.8 Å². The standard InChI is InChI=1S/C19H25NO2/c1-15(2)14-21-19-11-7-8-17(12-19)20-13-16(3)22-18-9-5-4-6-10-18/h4-12,15-16,20H,13-14H2,1-3H3. The molecule has 0 saturated heterocycles. The number of hydrogen-bond acceptors (Lipinski definition) is 3. The molecule has 0 aliphatic heterocycles. The van der Waals surface area contributed by atoms with Gasteiger partial charge in [-0.25, -0.2) is 0 Å². The lowest BCUT2D eigenvalue weighted by atomic mass is 10.2. The third-order valence-corrected chi connectivity index (χ3v) is 3.09. The van der Waals surface area contributed by atoms with Crippen molar-refractivity contribution in [3.63, 3.8) is 0 Å². The van der Waals surface area contributed by atoms with Crippen LogP contribution in [0.3, 0.4) is 0 Å². The summed E-state index contributed by atoms with van der Waals surface area (Å²) in [5.41, 5.74) is 1.05. The van der Waals surface area contributed by atoms with Crippen LogP contribution in [0.4, 0.5) is 5.69 Å². The van der Waals surface area contributed by atoms with E-state index in [-0.39, 0.29) is 6.10 Å². The normalized spacial score (nSPS) is 12.0. The van der Waals surface area contributed by atoms with E-state index >= 15 is 0 Å².